The highest BCUT2D eigenvalue weighted by Crippen LogP contribution is 2.28. The van der Waals surface area contributed by atoms with E-state index >= 15 is 0 Å². The van der Waals surface area contributed by atoms with Crippen molar-refractivity contribution >= 4 is 17.6 Å². The third-order valence-electron chi connectivity index (χ3n) is 3.90. The Labute approximate surface area is 153 Å². The Bertz CT molecular complexity index is 770. The minimum atomic E-state index is -0.943. The van der Waals surface area contributed by atoms with Crippen LogP contribution in [0.5, 0.6) is 11.5 Å². The molecule has 6 heteroatoms. The molecule has 6 nitrogen and oxygen atoms in total. The molecule has 0 saturated carbocycles. The summed E-state index contributed by atoms with van der Waals surface area (Å²) in [7, 11) is 2.99. The fraction of sp³-hybridized carbons (Fsp3) is 0.300. The van der Waals surface area contributed by atoms with Crippen molar-refractivity contribution < 1.29 is 23.8 Å². The second kappa shape index (κ2) is 8.89. The number of rotatable bonds is 7. The van der Waals surface area contributed by atoms with Crippen molar-refractivity contribution in [2.24, 2.45) is 0 Å². The van der Waals surface area contributed by atoms with Crippen LogP contribution in [0.3, 0.4) is 0 Å². The standard InChI is InChI=1S/C20H23NO5/c1-5-14-6-9-16(10-7-14)21-19(22)13(2)26-20(23)15-8-11-17(24-3)18(12-15)25-4/h6-13H,5H2,1-4H3,(H,21,22)/t13-/m1/s1. The van der Waals surface area contributed by atoms with Crippen LogP contribution in [0.25, 0.3) is 0 Å². The highest BCUT2D eigenvalue weighted by molar-refractivity contribution is 5.97. The van der Waals surface area contributed by atoms with Crippen molar-refractivity contribution in [2.75, 3.05) is 19.5 Å². The third-order valence-corrected chi connectivity index (χ3v) is 3.90. The summed E-state index contributed by atoms with van der Waals surface area (Å²) < 4.78 is 15.5. The Balaban J connectivity index is 2.00. The van der Waals surface area contributed by atoms with Gasteiger partial charge in [0.15, 0.2) is 17.6 Å². The lowest BCUT2D eigenvalue weighted by atomic mass is 10.1. The van der Waals surface area contributed by atoms with Gasteiger partial charge in [0.25, 0.3) is 5.91 Å². The molecule has 0 bridgehead atoms. The molecule has 0 radical (unpaired) electrons. The summed E-state index contributed by atoms with van der Waals surface area (Å²) in [6.45, 7) is 3.58. The number of amides is 1. The predicted octanol–water partition coefficient (Wildman–Crippen LogP) is 3.45. The summed E-state index contributed by atoms with van der Waals surface area (Å²) in [5, 5.41) is 2.73. The number of hydrogen-bond acceptors (Lipinski definition) is 5. The maximum Gasteiger partial charge on any atom is 0.339 e. The summed E-state index contributed by atoms with van der Waals surface area (Å²) in [5.41, 5.74) is 2.10. The smallest absolute Gasteiger partial charge is 0.339 e. The average Bonchev–Trinajstić information content (AvgIpc) is 2.67. The third kappa shape index (κ3) is 4.75. The van der Waals surface area contributed by atoms with E-state index in [-0.39, 0.29) is 5.56 Å². The van der Waals surface area contributed by atoms with E-state index in [0.717, 1.165) is 6.42 Å². The van der Waals surface area contributed by atoms with E-state index in [2.05, 4.69) is 12.2 Å². The largest absolute Gasteiger partial charge is 0.493 e. The molecule has 1 N–H and O–H groups in total. The molecule has 0 saturated heterocycles. The van der Waals surface area contributed by atoms with Crippen molar-refractivity contribution in [3.05, 3.63) is 53.6 Å². The van der Waals surface area contributed by atoms with Gasteiger partial charge in [0, 0.05) is 5.69 Å². The molecule has 0 spiro atoms. The lowest BCUT2D eigenvalue weighted by Crippen LogP contribution is -2.30. The molecular weight excluding hydrogens is 334 g/mol. The highest BCUT2D eigenvalue weighted by Gasteiger charge is 2.20. The van der Waals surface area contributed by atoms with Crippen LogP contribution in [0.4, 0.5) is 5.69 Å². The normalized spacial score (nSPS) is 11.4. The number of aryl methyl sites for hydroxylation is 1. The first-order valence-corrected chi connectivity index (χ1v) is 8.31. The van der Waals surface area contributed by atoms with Crippen LogP contribution in [0.15, 0.2) is 42.5 Å². The van der Waals surface area contributed by atoms with Crippen LogP contribution in [0.1, 0.15) is 29.8 Å². The number of ether oxygens (including phenoxy) is 3. The number of carbonyl (C=O) groups is 2. The number of nitrogens with one attached hydrogen (secondary N) is 1. The zero-order valence-electron chi connectivity index (χ0n) is 15.4. The maximum atomic E-state index is 12.3. The van der Waals surface area contributed by atoms with Crippen molar-refractivity contribution in [3.63, 3.8) is 0 Å². The molecule has 0 aliphatic carbocycles. The average molecular weight is 357 g/mol. The molecule has 0 aliphatic heterocycles. The van der Waals surface area contributed by atoms with Crippen molar-refractivity contribution in [1.82, 2.24) is 0 Å². The lowest BCUT2D eigenvalue weighted by Gasteiger charge is -2.14. The van der Waals surface area contributed by atoms with E-state index in [0.29, 0.717) is 17.2 Å². The number of esters is 1. The van der Waals surface area contributed by atoms with Gasteiger partial charge in [0.1, 0.15) is 0 Å². The van der Waals surface area contributed by atoms with Crippen molar-refractivity contribution in [3.8, 4) is 11.5 Å². The number of hydrogen-bond donors (Lipinski definition) is 1. The van der Waals surface area contributed by atoms with Gasteiger partial charge >= 0.3 is 5.97 Å². The topological polar surface area (TPSA) is 73.9 Å². The minimum Gasteiger partial charge on any atom is -0.493 e. The molecule has 0 unspecified atom stereocenters. The first-order chi connectivity index (χ1) is 12.5. The van der Waals surface area contributed by atoms with Gasteiger partial charge in [-0.3, -0.25) is 4.79 Å². The van der Waals surface area contributed by atoms with Crippen LogP contribution < -0.4 is 14.8 Å². The Morgan fingerprint density at radius 1 is 1.00 bits per heavy atom. The fourth-order valence-corrected chi connectivity index (χ4v) is 2.31. The van der Waals surface area contributed by atoms with Gasteiger partial charge in [-0.05, 0) is 49.2 Å². The van der Waals surface area contributed by atoms with Gasteiger partial charge in [0.2, 0.25) is 0 Å². The molecule has 0 heterocycles. The van der Waals surface area contributed by atoms with Gasteiger partial charge in [-0.25, -0.2) is 4.79 Å². The summed E-state index contributed by atoms with van der Waals surface area (Å²) >= 11 is 0. The monoisotopic (exact) mass is 357 g/mol. The molecule has 2 rings (SSSR count). The van der Waals surface area contributed by atoms with Crippen LogP contribution in [-0.4, -0.2) is 32.2 Å². The van der Waals surface area contributed by atoms with Crippen LogP contribution in [0.2, 0.25) is 0 Å². The number of methoxy groups -OCH3 is 2. The Morgan fingerprint density at radius 3 is 2.23 bits per heavy atom. The molecule has 138 valence electrons. The van der Waals surface area contributed by atoms with Crippen LogP contribution in [-0.2, 0) is 16.0 Å². The van der Waals surface area contributed by atoms with E-state index in [1.54, 1.807) is 12.1 Å². The van der Waals surface area contributed by atoms with Crippen LogP contribution >= 0.6 is 0 Å². The highest BCUT2D eigenvalue weighted by atomic mass is 16.5. The molecule has 1 amide bonds. The zero-order valence-corrected chi connectivity index (χ0v) is 15.4. The van der Waals surface area contributed by atoms with Gasteiger partial charge in [-0.1, -0.05) is 19.1 Å². The zero-order chi connectivity index (χ0) is 19.1. The van der Waals surface area contributed by atoms with Gasteiger partial charge in [-0.15, -0.1) is 0 Å². The minimum absolute atomic E-state index is 0.273. The second-order valence-electron chi connectivity index (χ2n) is 5.66. The summed E-state index contributed by atoms with van der Waals surface area (Å²) in [5.74, 6) is -0.0987. The van der Waals surface area contributed by atoms with Gasteiger partial charge in [0.05, 0.1) is 19.8 Å². The van der Waals surface area contributed by atoms with Crippen LogP contribution in [0, 0.1) is 0 Å². The molecule has 0 aliphatic rings. The van der Waals surface area contributed by atoms with E-state index < -0.39 is 18.0 Å². The molecule has 0 fully saturated rings. The van der Waals surface area contributed by atoms with Crippen molar-refractivity contribution in [1.29, 1.82) is 0 Å². The van der Waals surface area contributed by atoms with E-state index in [1.807, 2.05) is 24.3 Å². The van der Waals surface area contributed by atoms with Gasteiger partial charge in [-0.2, -0.15) is 0 Å². The summed E-state index contributed by atoms with van der Waals surface area (Å²) in [6, 6.07) is 12.2. The first-order valence-electron chi connectivity index (χ1n) is 8.31. The Kier molecular flexibility index (Phi) is 6.60. The van der Waals surface area contributed by atoms with E-state index in [4.69, 9.17) is 14.2 Å². The van der Waals surface area contributed by atoms with E-state index in [9.17, 15) is 9.59 Å². The van der Waals surface area contributed by atoms with Gasteiger partial charge < -0.3 is 19.5 Å². The Morgan fingerprint density at radius 2 is 1.65 bits per heavy atom. The van der Waals surface area contributed by atoms with E-state index in [1.165, 1.54) is 32.8 Å². The lowest BCUT2D eigenvalue weighted by molar-refractivity contribution is -0.123. The maximum absolute atomic E-state index is 12.3. The SMILES string of the molecule is CCc1ccc(NC(=O)[C@@H](C)OC(=O)c2ccc(OC)c(OC)c2)cc1. The Hall–Kier alpha value is -3.02. The summed E-state index contributed by atoms with van der Waals surface area (Å²) in [4.78, 5) is 24.5. The second-order valence-corrected chi connectivity index (χ2v) is 5.66. The van der Waals surface area contributed by atoms with Crippen molar-refractivity contribution in [2.45, 2.75) is 26.4 Å². The molecule has 2 aromatic rings. The number of anilines is 1. The molecule has 0 aromatic heterocycles. The number of benzene rings is 2. The molecule has 2 aromatic carbocycles. The number of carbonyl (C=O) groups excluding carboxylic acids is 2. The fourth-order valence-electron chi connectivity index (χ4n) is 2.31. The summed E-state index contributed by atoms with van der Waals surface area (Å²) in [6.07, 6.45) is -0.0189. The molecule has 26 heavy (non-hydrogen) atoms. The first kappa shape index (κ1) is 19.3. The quantitative estimate of drug-likeness (QED) is 0.768. The molecular formula is C20H23NO5. The predicted molar refractivity (Wildman–Crippen MR) is 98.9 cm³/mol. The molecule has 1 atom stereocenters.